The van der Waals surface area contributed by atoms with Crippen LogP contribution < -0.4 is 17.0 Å². The van der Waals surface area contributed by atoms with E-state index in [1.54, 1.807) is 0 Å². The number of thioether (sulfide) groups is 1. The lowest BCUT2D eigenvalue weighted by Crippen LogP contribution is -3.00. The lowest BCUT2D eigenvalue weighted by Gasteiger charge is -1.98. The van der Waals surface area contributed by atoms with Crippen LogP contribution in [0.3, 0.4) is 0 Å². The Morgan fingerprint density at radius 2 is 2.38 bits per heavy atom. The van der Waals surface area contributed by atoms with Crippen molar-refractivity contribution in [3.63, 3.8) is 0 Å². The molecule has 13 heavy (non-hydrogen) atoms. The van der Waals surface area contributed by atoms with Gasteiger partial charge in [0.05, 0.1) is 5.25 Å². The van der Waals surface area contributed by atoms with E-state index >= 15 is 0 Å². The third-order valence-corrected chi connectivity index (χ3v) is 3.53. The molecule has 1 aromatic rings. The number of hydrogen-bond acceptors (Lipinski definition) is 1. The number of pyridine rings is 1. The summed E-state index contributed by atoms with van der Waals surface area (Å²) in [6, 6.07) is 6.44. The molecular formula is C10H14ClNS. The Hall–Kier alpha value is -0.210. The SMILES string of the molecule is CCCC1C[n+]2ccccc2S1.[Cl-]. The van der Waals surface area contributed by atoms with Crippen molar-refractivity contribution in [3.05, 3.63) is 24.4 Å². The highest BCUT2D eigenvalue weighted by Gasteiger charge is 2.27. The van der Waals surface area contributed by atoms with Gasteiger partial charge in [-0.25, -0.2) is 0 Å². The van der Waals surface area contributed by atoms with E-state index in [1.807, 2.05) is 11.8 Å². The van der Waals surface area contributed by atoms with Crippen molar-refractivity contribution in [3.8, 4) is 0 Å². The monoisotopic (exact) mass is 215 g/mol. The summed E-state index contributed by atoms with van der Waals surface area (Å²) < 4.78 is 2.35. The van der Waals surface area contributed by atoms with Gasteiger partial charge in [-0.15, -0.1) is 0 Å². The van der Waals surface area contributed by atoms with E-state index in [1.165, 1.54) is 24.4 Å². The Bertz CT molecular complexity index is 252. The number of hydrogen-bond donors (Lipinski definition) is 0. The summed E-state index contributed by atoms with van der Waals surface area (Å²) in [7, 11) is 0. The molecule has 1 atom stereocenters. The standard InChI is InChI=1S/C10H14NS.ClH/c1-2-5-9-8-11-7-4-3-6-10(11)12-9;/h3-4,6-7,9H,2,5,8H2,1H3;1H/q+1;/p-1. The largest absolute Gasteiger partial charge is 1.00 e. The highest BCUT2D eigenvalue weighted by Crippen LogP contribution is 2.28. The zero-order valence-corrected chi connectivity index (χ0v) is 9.31. The molecular weight excluding hydrogens is 202 g/mol. The first-order valence-corrected chi connectivity index (χ1v) is 5.43. The van der Waals surface area contributed by atoms with Gasteiger partial charge in [-0.3, -0.25) is 0 Å². The van der Waals surface area contributed by atoms with Gasteiger partial charge in [0.1, 0.15) is 0 Å². The zero-order chi connectivity index (χ0) is 8.39. The van der Waals surface area contributed by atoms with Crippen molar-refractivity contribution < 1.29 is 17.0 Å². The Balaban J connectivity index is 0.000000845. The van der Waals surface area contributed by atoms with E-state index < -0.39 is 0 Å². The van der Waals surface area contributed by atoms with E-state index in [4.69, 9.17) is 0 Å². The molecule has 0 amide bonds. The second-order valence-corrected chi connectivity index (χ2v) is 4.54. The van der Waals surface area contributed by atoms with Crippen LogP contribution in [0.25, 0.3) is 0 Å². The van der Waals surface area contributed by atoms with E-state index in [0.29, 0.717) is 0 Å². The van der Waals surface area contributed by atoms with Crippen LogP contribution in [-0.4, -0.2) is 5.25 Å². The predicted octanol–water partition coefficient (Wildman–Crippen LogP) is -0.747. The van der Waals surface area contributed by atoms with Gasteiger partial charge in [0.2, 0.25) is 5.03 Å². The zero-order valence-electron chi connectivity index (χ0n) is 7.74. The number of nitrogens with zero attached hydrogens (tertiary/aromatic N) is 1. The second kappa shape index (κ2) is 4.87. The normalized spacial score (nSPS) is 19.3. The Kier molecular flexibility index (Phi) is 4.07. The van der Waals surface area contributed by atoms with Gasteiger partial charge in [-0.2, -0.15) is 4.57 Å². The highest BCUT2D eigenvalue weighted by molar-refractivity contribution is 7.99. The average Bonchev–Trinajstić information content (AvgIpc) is 2.47. The van der Waals surface area contributed by atoms with Crippen LogP contribution in [0, 0.1) is 0 Å². The minimum absolute atomic E-state index is 0. The van der Waals surface area contributed by atoms with Crippen LogP contribution >= 0.6 is 11.8 Å². The number of rotatable bonds is 2. The lowest BCUT2D eigenvalue weighted by atomic mass is 10.2. The van der Waals surface area contributed by atoms with Crippen LogP contribution in [0.5, 0.6) is 0 Å². The molecule has 1 unspecified atom stereocenters. The molecule has 0 fully saturated rings. The summed E-state index contributed by atoms with van der Waals surface area (Å²) in [5.74, 6) is 0. The second-order valence-electron chi connectivity index (χ2n) is 3.22. The van der Waals surface area contributed by atoms with E-state index in [-0.39, 0.29) is 12.4 Å². The summed E-state index contributed by atoms with van der Waals surface area (Å²) >= 11 is 2.02. The smallest absolute Gasteiger partial charge is 0.240 e. The van der Waals surface area contributed by atoms with Gasteiger partial charge in [0.15, 0.2) is 12.7 Å². The van der Waals surface area contributed by atoms with Crippen LogP contribution in [0.1, 0.15) is 19.8 Å². The molecule has 0 bridgehead atoms. The molecule has 2 rings (SSSR count). The topological polar surface area (TPSA) is 3.88 Å². The molecule has 0 radical (unpaired) electrons. The molecule has 1 aliphatic rings. The predicted molar refractivity (Wildman–Crippen MR) is 51.2 cm³/mol. The van der Waals surface area contributed by atoms with E-state index in [0.717, 1.165) is 5.25 Å². The van der Waals surface area contributed by atoms with Crippen molar-refractivity contribution in [2.24, 2.45) is 0 Å². The van der Waals surface area contributed by atoms with Crippen molar-refractivity contribution in [2.45, 2.75) is 36.6 Å². The molecule has 0 aliphatic carbocycles. The fraction of sp³-hybridized carbons (Fsp3) is 0.500. The molecule has 0 aromatic carbocycles. The third-order valence-electron chi connectivity index (χ3n) is 2.20. The summed E-state index contributed by atoms with van der Waals surface area (Å²) in [4.78, 5) is 0. The summed E-state index contributed by atoms with van der Waals surface area (Å²) in [6.45, 7) is 3.46. The maximum absolute atomic E-state index is 2.35. The number of fused-ring (bicyclic) bond motifs is 1. The van der Waals surface area contributed by atoms with Crippen molar-refractivity contribution >= 4 is 11.8 Å². The molecule has 1 nitrogen and oxygen atoms in total. The van der Waals surface area contributed by atoms with Crippen LogP contribution in [0.2, 0.25) is 0 Å². The number of aromatic nitrogens is 1. The van der Waals surface area contributed by atoms with E-state index in [9.17, 15) is 0 Å². The van der Waals surface area contributed by atoms with Gasteiger partial charge in [0.25, 0.3) is 0 Å². The molecule has 2 heterocycles. The lowest BCUT2D eigenvalue weighted by molar-refractivity contribution is -0.726. The van der Waals surface area contributed by atoms with Gasteiger partial charge < -0.3 is 12.4 Å². The quantitative estimate of drug-likeness (QED) is 0.588. The van der Waals surface area contributed by atoms with Crippen molar-refractivity contribution in [2.75, 3.05) is 0 Å². The first-order chi connectivity index (χ1) is 5.90. The molecule has 3 heteroatoms. The Morgan fingerprint density at radius 3 is 3.08 bits per heavy atom. The molecule has 0 spiro atoms. The van der Waals surface area contributed by atoms with Crippen LogP contribution in [0.15, 0.2) is 29.4 Å². The third kappa shape index (κ3) is 2.38. The van der Waals surface area contributed by atoms with Crippen LogP contribution in [-0.2, 0) is 6.54 Å². The van der Waals surface area contributed by atoms with Gasteiger partial charge in [-0.05, 0) is 24.2 Å². The van der Waals surface area contributed by atoms with Crippen molar-refractivity contribution in [1.82, 2.24) is 0 Å². The fourth-order valence-corrected chi connectivity index (χ4v) is 2.98. The first-order valence-electron chi connectivity index (χ1n) is 4.55. The van der Waals surface area contributed by atoms with Gasteiger partial charge >= 0.3 is 0 Å². The highest BCUT2D eigenvalue weighted by atomic mass is 35.5. The maximum Gasteiger partial charge on any atom is 0.240 e. The van der Waals surface area contributed by atoms with Gasteiger partial charge in [-0.1, -0.05) is 13.3 Å². The average molecular weight is 216 g/mol. The summed E-state index contributed by atoms with van der Waals surface area (Å²) in [6.07, 6.45) is 4.82. The molecule has 0 saturated heterocycles. The van der Waals surface area contributed by atoms with E-state index in [2.05, 4.69) is 35.9 Å². The minimum atomic E-state index is 0. The Morgan fingerprint density at radius 1 is 1.54 bits per heavy atom. The van der Waals surface area contributed by atoms with Crippen molar-refractivity contribution in [1.29, 1.82) is 0 Å². The fourth-order valence-electron chi connectivity index (χ4n) is 1.62. The maximum atomic E-state index is 2.35. The molecule has 72 valence electrons. The minimum Gasteiger partial charge on any atom is -1.00 e. The summed E-state index contributed by atoms with van der Waals surface area (Å²) in [5, 5.41) is 2.24. The Labute approximate surface area is 90.0 Å². The summed E-state index contributed by atoms with van der Waals surface area (Å²) in [5.41, 5.74) is 0. The molecule has 1 aliphatic heterocycles. The molecule has 0 N–H and O–H groups in total. The molecule has 1 aromatic heterocycles. The first kappa shape index (κ1) is 10.9. The number of halogens is 1. The van der Waals surface area contributed by atoms with Gasteiger partial charge in [0, 0.05) is 12.1 Å². The molecule has 0 saturated carbocycles. The van der Waals surface area contributed by atoms with Crippen LogP contribution in [0.4, 0.5) is 0 Å².